The Kier molecular flexibility index (Phi) is 9.01. The monoisotopic (exact) mass is 644 g/mol. The van der Waals surface area contributed by atoms with Crippen LogP contribution in [0, 0.1) is 28.6 Å². The maximum Gasteiger partial charge on any atom is 0.335 e. The van der Waals surface area contributed by atoms with E-state index in [-0.39, 0.29) is 40.8 Å². The molecule has 2 heterocycles. The van der Waals surface area contributed by atoms with Gasteiger partial charge in [0.2, 0.25) is 0 Å². The molecule has 46 heavy (non-hydrogen) atoms. The summed E-state index contributed by atoms with van der Waals surface area (Å²) in [5.41, 5.74) is -1.28. The molecule has 4 aliphatic carbocycles. The van der Waals surface area contributed by atoms with E-state index in [2.05, 4.69) is 6.92 Å². The standard InChI is InChI=1S/C35H48O11/c1-19-29(44-20(2)37)30(41-5)31(45-21(3)38)32(43-19)46-24-10-14-34(18-36)23(16-24)7-8-27-26(34)11-13-33(4)25(12-15-35(27,33)40)22-6-9-28(39)42-17-22/h6,9,17-19,23-27,29-32,40H,7-8,10-16H2,1-5H3/t19-,23-,24+,25-,26-,27+,29+,30+,31+,32+,33+,34+,35+/m0/s1. The second-order valence-electron chi connectivity index (χ2n) is 14.7. The number of hydrogen-bond donors (Lipinski definition) is 1. The number of carbonyl (C=O) groups excluding carboxylic acids is 3. The van der Waals surface area contributed by atoms with E-state index in [1.165, 1.54) is 33.3 Å². The highest BCUT2D eigenvalue weighted by Gasteiger charge is 2.68. The molecule has 5 aliphatic rings. The van der Waals surface area contributed by atoms with Crippen LogP contribution in [-0.4, -0.2) is 72.9 Å². The molecule has 0 aromatic carbocycles. The van der Waals surface area contributed by atoms with Gasteiger partial charge in [0, 0.05) is 37.9 Å². The maximum atomic E-state index is 13.2. The first-order valence-corrected chi connectivity index (χ1v) is 16.8. The number of esters is 2. The minimum atomic E-state index is -0.949. The second kappa shape index (κ2) is 12.5. The highest BCUT2D eigenvalue weighted by molar-refractivity contribution is 5.67. The van der Waals surface area contributed by atoms with Crippen LogP contribution in [0.4, 0.5) is 0 Å². The predicted octanol–water partition coefficient (Wildman–Crippen LogP) is 4.07. The zero-order valence-corrected chi connectivity index (χ0v) is 27.5. The third kappa shape index (κ3) is 5.35. The fourth-order valence-corrected chi connectivity index (χ4v) is 10.5. The van der Waals surface area contributed by atoms with E-state index in [1.54, 1.807) is 13.2 Å². The van der Waals surface area contributed by atoms with Crippen LogP contribution in [0.2, 0.25) is 0 Å². The lowest BCUT2D eigenvalue weighted by Crippen LogP contribution is -2.63. The molecule has 1 saturated heterocycles. The molecule has 1 aromatic rings. The van der Waals surface area contributed by atoms with Crippen molar-refractivity contribution in [2.24, 2.45) is 28.6 Å². The first-order chi connectivity index (χ1) is 21.9. The molecule has 0 amide bonds. The van der Waals surface area contributed by atoms with Crippen molar-refractivity contribution in [1.82, 2.24) is 0 Å². The van der Waals surface area contributed by atoms with E-state index in [0.717, 1.165) is 37.7 Å². The maximum absolute atomic E-state index is 13.2. The molecule has 1 aromatic heterocycles. The Hall–Kier alpha value is -2.60. The van der Waals surface area contributed by atoms with Gasteiger partial charge in [-0.05, 0) is 100 Å². The summed E-state index contributed by atoms with van der Waals surface area (Å²) in [6, 6.07) is 3.29. The van der Waals surface area contributed by atoms with Crippen molar-refractivity contribution < 1.29 is 47.6 Å². The number of ether oxygens (including phenoxy) is 5. The Morgan fingerprint density at radius 2 is 1.70 bits per heavy atom. The van der Waals surface area contributed by atoms with E-state index in [0.29, 0.717) is 25.7 Å². The minimum absolute atomic E-state index is 0.00225. The molecule has 1 N–H and O–H groups in total. The largest absolute Gasteiger partial charge is 0.457 e. The van der Waals surface area contributed by atoms with Gasteiger partial charge in [0.25, 0.3) is 0 Å². The van der Waals surface area contributed by atoms with Crippen LogP contribution < -0.4 is 5.63 Å². The predicted molar refractivity (Wildman–Crippen MR) is 162 cm³/mol. The molecular weight excluding hydrogens is 596 g/mol. The topological polar surface area (TPSA) is 148 Å². The van der Waals surface area contributed by atoms with Crippen molar-refractivity contribution in [2.45, 2.75) is 134 Å². The first kappa shape index (κ1) is 33.3. The summed E-state index contributed by atoms with van der Waals surface area (Å²) in [7, 11) is 1.47. The zero-order valence-electron chi connectivity index (χ0n) is 27.5. The van der Waals surface area contributed by atoms with E-state index >= 15 is 0 Å². The molecule has 1 aliphatic heterocycles. The summed E-state index contributed by atoms with van der Waals surface area (Å²) in [4.78, 5) is 48.7. The van der Waals surface area contributed by atoms with Gasteiger partial charge in [-0.15, -0.1) is 0 Å². The molecule has 254 valence electrons. The highest BCUT2D eigenvalue weighted by atomic mass is 16.7. The van der Waals surface area contributed by atoms with Gasteiger partial charge in [-0.1, -0.05) is 6.92 Å². The molecule has 0 spiro atoms. The number of fused-ring (bicyclic) bond motifs is 5. The fourth-order valence-electron chi connectivity index (χ4n) is 10.5. The van der Waals surface area contributed by atoms with Gasteiger partial charge in [0.1, 0.15) is 12.4 Å². The molecular formula is C35H48O11. The Morgan fingerprint density at radius 1 is 0.957 bits per heavy atom. The van der Waals surface area contributed by atoms with Gasteiger partial charge in [0.15, 0.2) is 18.5 Å². The normalized spacial score (nSPS) is 45.1. The van der Waals surface area contributed by atoms with E-state index in [4.69, 9.17) is 28.1 Å². The van der Waals surface area contributed by atoms with Crippen molar-refractivity contribution in [1.29, 1.82) is 0 Å². The van der Waals surface area contributed by atoms with Crippen LogP contribution in [0.15, 0.2) is 27.6 Å². The lowest BCUT2D eigenvalue weighted by atomic mass is 9.43. The van der Waals surface area contributed by atoms with Gasteiger partial charge in [-0.3, -0.25) is 9.59 Å². The van der Waals surface area contributed by atoms with Crippen LogP contribution in [-0.2, 0) is 38.1 Å². The molecule has 0 bridgehead atoms. The average molecular weight is 645 g/mol. The molecule has 11 nitrogen and oxygen atoms in total. The Labute approximate surface area is 269 Å². The lowest BCUT2D eigenvalue weighted by Gasteiger charge is -2.63. The van der Waals surface area contributed by atoms with Gasteiger partial charge >= 0.3 is 17.6 Å². The molecule has 4 saturated carbocycles. The van der Waals surface area contributed by atoms with E-state index < -0.39 is 53.7 Å². The van der Waals surface area contributed by atoms with Crippen LogP contribution in [0.3, 0.4) is 0 Å². The number of hydrogen-bond acceptors (Lipinski definition) is 11. The quantitative estimate of drug-likeness (QED) is 0.260. The summed E-state index contributed by atoms with van der Waals surface area (Å²) >= 11 is 0. The van der Waals surface area contributed by atoms with Crippen LogP contribution in [0.1, 0.15) is 97.0 Å². The summed E-state index contributed by atoms with van der Waals surface area (Å²) in [5, 5.41) is 12.5. The van der Waals surface area contributed by atoms with Crippen molar-refractivity contribution in [3.8, 4) is 0 Å². The molecule has 0 radical (unpaired) electrons. The van der Waals surface area contributed by atoms with Gasteiger partial charge in [-0.2, -0.15) is 0 Å². The van der Waals surface area contributed by atoms with Gasteiger partial charge in [-0.25, -0.2) is 4.79 Å². The SMILES string of the molecule is CO[C@H]1[C@@H](OC(C)=O)[C@@H](O[C@@H]2CC[C@@]3(C=O)[C@@H](CC[C@@H]4[C@@H]3CC[C@]3(C)[C@H](c5ccc(=O)oc5)CC[C@@]43O)C2)O[C@@H](C)[C@H]1OC(C)=O. The molecule has 6 rings (SSSR count). The summed E-state index contributed by atoms with van der Waals surface area (Å²) < 4.78 is 34.7. The average Bonchev–Trinajstić information content (AvgIpc) is 3.30. The third-order valence-electron chi connectivity index (χ3n) is 12.6. The Morgan fingerprint density at radius 3 is 2.35 bits per heavy atom. The molecule has 13 atom stereocenters. The number of rotatable bonds is 7. The Balaban J connectivity index is 1.19. The number of methoxy groups -OCH3 is 1. The van der Waals surface area contributed by atoms with Crippen molar-refractivity contribution in [2.75, 3.05) is 7.11 Å². The lowest BCUT2D eigenvalue weighted by molar-refractivity contribution is -0.316. The first-order valence-electron chi connectivity index (χ1n) is 16.8. The fraction of sp³-hybridized carbons (Fsp3) is 0.771. The smallest absolute Gasteiger partial charge is 0.335 e. The molecule has 11 heteroatoms. The Bertz CT molecular complexity index is 1360. The van der Waals surface area contributed by atoms with Crippen LogP contribution in [0.5, 0.6) is 0 Å². The highest BCUT2D eigenvalue weighted by Crippen LogP contribution is 2.70. The van der Waals surface area contributed by atoms with Gasteiger partial charge in [0.05, 0.1) is 24.1 Å². The summed E-state index contributed by atoms with van der Waals surface area (Å²) in [6.07, 6.45) is 5.09. The van der Waals surface area contributed by atoms with Gasteiger partial charge < -0.3 is 38.0 Å². The summed E-state index contributed by atoms with van der Waals surface area (Å²) in [6.45, 7) is 6.55. The third-order valence-corrected chi connectivity index (χ3v) is 12.6. The molecule has 5 fully saturated rings. The number of aldehydes is 1. The van der Waals surface area contributed by atoms with Crippen LogP contribution >= 0.6 is 0 Å². The van der Waals surface area contributed by atoms with Crippen molar-refractivity contribution >= 4 is 18.2 Å². The number of aliphatic hydroxyl groups is 1. The molecule has 0 unspecified atom stereocenters. The van der Waals surface area contributed by atoms with Crippen LogP contribution in [0.25, 0.3) is 0 Å². The van der Waals surface area contributed by atoms with E-state index in [9.17, 15) is 24.3 Å². The van der Waals surface area contributed by atoms with E-state index in [1.807, 2.05) is 6.07 Å². The van der Waals surface area contributed by atoms with Crippen molar-refractivity contribution in [3.63, 3.8) is 0 Å². The van der Waals surface area contributed by atoms with Crippen molar-refractivity contribution in [3.05, 3.63) is 34.4 Å². The second-order valence-corrected chi connectivity index (χ2v) is 14.7. The zero-order chi connectivity index (χ0) is 33.0. The number of carbonyl (C=O) groups is 3. The summed E-state index contributed by atoms with van der Waals surface area (Å²) in [5.74, 6) is -0.795. The minimum Gasteiger partial charge on any atom is -0.457 e.